The zero-order valence-corrected chi connectivity index (χ0v) is 12.9. The summed E-state index contributed by atoms with van der Waals surface area (Å²) in [7, 11) is 0. The molecular weight excluding hydrogens is 284 g/mol. The number of hydrogen-bond acceptors (Lipinski definition) is 3. The summed E-state index contributed by atoms with van der Waals surface area (Å²) < 4.78 is 28.5. The highest BCUT2D eigenvalue weighted by Crippen LogP contribution is 2.89. The van der Waals surface area contributed by atoms with Crippen LogP contribution in [0.1, 0.15) is 56.0 Å². The van der Waals surface area contributed by atoms with Gasteiger partial charge in [-0.15, -0.1) is 0 Å². The molecule has 1 aromatic rings. The van der Waals surface area contributed by atoms with Gasteiger partial charge in [0.25, 0.3) is 5.92 Å². The summed E-state index contributed by atoms with van der Waals surface area (Å²) in [5.74, 6) is -0.0698. The molecule has 1 aliphatic heterocycles. The Morgan fingerprint density at radius 3 is 2.23 bits per heavy atom. The second-order valence-corrected chi connectivity index (χ2v) is 7.70. The van der Waals surface area contributed by atoms with Gasteiger partial charge in [0.15, 0.2) is 0 Å². The van der Waals surface area contributed by atoms with Crippen molar-refractivity contribution in [2.45, 2.75) is 57.3 Å². The highest BCUT2D eigenvalue weighted by atomic mass is 19.3. The number of piperidine rings is 1. The molecule has 2 spiro atoms. The lowest BCUT2D eigenvalue weighted by molar-refractivity contribution is 0.0467. The molecule has 0 unspecified atom stereocenters. The molecule has 1 aromatic heterocycles. The van der Waals surface area contributed by atoms with Gasteiger partial charge in [-0.2, -0.15) is 0 Å². The number of nitrogens with zero attached hydrogens (tertiary/aromatic N) is 3. The zero-order valence-electron chi connectivity index (χ0n) is 12.9. The monoisotopic (exact) mass is 305 g/mol. The topological polar surface area (TPSA) is 29.0 Å². The van der Waals surface area contributed by atoms with Gasteiger partial charge in [0.1, 0.15) is 11.6 Å². The number of aromatic nitrogens is 2. The lowest BCUT2D eigenvalue weighted by Gasteiger charge is -2.33. The summed E-state index contributed by atoms with van der Waals surface area (Å²) in [6, 6.07) is 2.08. The van der Waals surface area contributed by atoms with Crippen LogP contribution >= 0.6 is 0 Å². The Morgan fingerprint density at radius 1 is 1.05 bits per heavy atom. The van der Waals surface area contributed by atoms with Crippen molar-refractivity contribution in [1.29, 1.82) is 0 Å². The normalized spacial score (nSPS) is 29.9. The van der Waals surface area contributed by atoms with Crippen molar-refractivity contribution in [2.75, 3.05) is 18.0 Å². The molecule has 0 atom stereocenters. The fraction of sp³-hybridized carbons (Fsp3) is 0.765. The van der Waals surface area contributed by atoms with Crippen LogP contribution < -0.4 is 4.90 Å². The molecule has 0 aromatic carbocycles. The summed E-state index contributed by atoms with van der Waals surface area (Å²) >= 11 is 0. The summed E-state index contributed by atoms with van der Waals surface area (Å²) in [6.45, 7) is 3.34. The molecule has 0 amide bonds. The highest BCUT2D eigenvalue weighted by Gasteiger charge is 2.94. The van der Waals surface area contributed by atoms with Crippen LogP contribution in [-0.4, -0.2) is 29.0 Å². The van der Waals surface area contributed by atoms with Gasteiger partial charge in [-0.05, 0) is 45.4 Å². The standard InChI is InChI=1S/C17H21F2N3/c1-11-20-13(12-2-3-12)10-14(21-11)22-8-6-16(7-9-22)15(4-5-15)17(16,18)19/h10,12H,2-9H2,1H3. The molecule has 3 aliphatic carbocycles. The van der Waals surface area contributed by atoms with E-state index < -0.39 is 16.8 Å². The van der Waals surface area contributed by atoms with Gasteiger partial charge in [-0.1, -0.05) is 0 Å². The summed E-state index contributed by atoms with van der Waals surface area (Å²) in [5, 5.41) is 0. The molecule has 0 N–H and O–H groups in total. The number of aryl methyl sites for hydroxylation is 1. The number of alkyl halides is 2. The predicted octanol–water partition coefficient (Wildman–Crippen LogP) is 3.68. The molecule has 5 heteroatoms. The fourth-order valence-electron chi connectivity index (χ4n) is 4.89. The SMILES string of the molecule is Cc1nc(C2CC2)cc(N2CCC3(CC2)C(F)(F)C32CC2)n1. The van der Waals surface area contributed by atoms with E-state index in [2.05, 4.69) is 20.9 Å². The van der Waals surface area contributed by atoms with Crippen molar-refractivity contribution in [2.24, 2.45) is 10.8 Å². The van der Waals surface area contributed by atoms with Gasteiger partial charge in [-0.3, -0.25) is 0 Å². The molecular formula is C17H21F2N3. The lowest BCUT2D eigenvalue weighted by atomic mass is 9.89. The van der Waals surface area contributed by atoms with E-state index in [0.717, 1.165) is 30.2 Å². The number of halogens is 2. The van der Waals surface area contributed by atoms with Gasteiger partial charge in [0, 0.05) is 41.6 Å². The first-order chi connectivity index (χ1) is 10.5. The van der Waals surface area contributed by atoms with Crippen molar-refractivity contribution in [3.05, 3.63) is 17.6 Å². The number of rotatable bonds is 2. The Balaban J connectivity index is 1.37. The van der Waals surface area contributed by atoms with Crippen molar-refractivity contribution in [3.63, 3.8) is 0 Å². The van der Waals surface area contributed by atoms with E-state index >= 15 is 0 Å². The van der Waals surface area contributed by atoms with Crippen LogP contribution in [0.3, 0.4) is 0 Å². The first kappa shape index (κ1) is 13.2. The molecule has 0 bridgehead atoms. The molecule has 5 rings (SSSR count). The van der Waals surface area contributed by atoms with Crippen LogP contribution in [0.2, 0.25) is 0 Å². The van der Waals surface area contributed by atoms with Crippen molar-refractivity contribution in [1.82, 2.24) is 9.97 Å². The average molecular weight is 305 g/mol. The van der Waals surface area contributed by atoms with E-state index in [4.69, 9.17) is 0 Å². The maximum Gasteiger partial charge on any atom is 0.260 e. The molecule has 118 valence electrons. The van der Waals surface area contributed by atoms with Gasteiger partial charge < -0.3 is 4.90 Å². The molecule has 4 aliphatic rings. The Kier molecular flexibility index (Phi) is 2.28. The minimum atomic E-state index is -2.41. The first-order valence-corrected chi connectivity index (χ1v) is 8.48. The van der Waals surface area contributed by atoms with Crippen LogP contribution in [0, 0.1) is 17.8 Å². The number of hydrogen-bond donors (Lipinski definition) is 0. The maximum atomic E-state index is 14.2. The van der Waals surface area contributed by atoms with E-state index in [1.165, 1.54) is 12.8 Å². The third kappa shape index (κ3) is 1.45. The zero-order chi connectivity index (χ0) is 15.2. The van der Waals surface area contributed by atoms with Crippen molar-refractivity contribution < 1.29 is 8.78 Å². The fourth-order valence-corrected chi connectivity index (χ4v) is 4.89. The average Bonchev–Trinajstić information content (AvgIpc) is 3.40. The number of fused-ring (bicyclic) bond motifs is 1. The molecule has 4 fully saturated rings. The minimum absolute atomic E-state index is 0.596. The molecule has 1 saturated heterocycles. The largest absolute Gasteiger partial charge is 0.356 e. The quantitative estimate of drug-likeness (QED) is 0.834. The van der Waals surface area contributed by atoms with Gasteiger partial charge in [0.05, 0.1) is 0 Å². The Bertz CT molecular complexity index is 635. The molecule has 3 saturated carbocycles. The minimum Gasteiger partial charge on any atom is -0.356 e. The second-order valence-electron chi connectivity index (χ2n) is 7.70. The third-order valence-corrected chi connectivity index (χ3v) is 6.59. The summed E-state index contributed by atoms with van der Waals surface area (Å²) in [5.41, 5.74) is -0.150. The van der Waals surface area contributed by atoms with Gasteiger partial charge >= 0.3 is 0 Å². The van der Waals surface area contributed by atoms with Crippen molar-refractivity contribution >= 4 is 5.82 Å². The van der Waals surface area contributed by atoms with Crippen LogP contribution in [0.5, 0.6) is 0 Å². The predicted molar refractivity (Wildman–Crippen MR) is 79.2 cm³/mol. The Morgan fingerprint density at radius 2 is 1.68 bits per heavy atom. The van der Waals surface area contributed by atoms with Crippen molar-refractivity contribution in [3.8, 4) is 0 Å². The van der Waals surface area contributed by atoms with E-state index in [1.54, 1.807) is 0 Å². The summed E-state index contributed by atoms with van der Waals surface area (Å²) in [4.78, 5) is 11.3. The van der Waals surface area contributed by atoms with Crippen LogP contribution in [0.25, 0.3) is 0 Å². The first-order valence-electron chi connectivity index (χ1n) is 8.48. The van der Waals surface area contributed by atoms with Gasteiger partial charge in [0.2, 0.25) is 0 Å². The lowest BCUT2D eigenvalue weighted by Crippen LogP contribution is -2.37. The van der Waals surface area contributed by atoms with E-state index in [0.29, 0.717) is 31.8 Å². The molecule has 3 nitrogen and oxygen atoms in total. The third-order valence-electron chi connectivity index (χ3n) is 6.59. The smallest absolute Gasteiger partial charge is 0.260 e. The highest BCUT2D eigenvalue weighted by molar-refractivity contribution is 5.45. The van der Waals surface area contributed by atoms with E-state index in [9.17, 15) is 8.78 Å². The Hall–Kier alpha value is -1.26. The molecule has 2 heterocycles. The van der Waals surface area contributed by atoms with Gasteiger partial charge in [-0.25, -0.2) is 18.7 Å². The second kappa shape index (κ2) is 3.80. The summed E-state index contributed by atoms with van der Waals surface area (Å²) in [6.07, 6.45) is 5.13. The van der Waals surface area contributed by atoms with Crippen LogP contribution in [0.15, 0.2) is 6.07 Å². The maximum absolute atomic E-state index is 14.2. The van der Waals surface area contributed by atoms with Crippen LogP contribution in [-0.2, 0) is 0 Å². The Labute approximate surface area is 129 Å². The van der Waals surface area contributed by atoms with Crippen LogP contribution in [0.4, 0.5) is 14.6 Å². The molecule has 0 radical (unpaired) electrons. The van der Waals surface area contributed by atoms with E-state index in [-0.39, 0.29) is 0 Å². The molecule has 22 heavy (non-hydrogen) atoms. The number of anilines is 1. The van der Waals surface area contributed by atoms with E-state index in [1.807, 2.05) is 6.92 Å².